The Morgan fingerprint density at radius 3 is 2.83 bits per heavy atom. The fourth-order valence-corrected chi connectivity index (χ4v) is 4.07. The number of hydrogen-bond acceptors (Lipinski definition) is 4. The number of nitrogens with zero attached hydrogens (tertiary/aromatic N) is 3. The third-order valence-electron chi connectivity index (χ3n) is 5.34. The minimum atomic E-state index is -0.558. The Labute approximate surface area is 135 Å². The molecule has 5 nitrogen and oxygen atoms in total. The van der Waals surface area contributed by atoms with Gasteiger partial charge in [0, 0.05) is 12.2 Å². The number of amides is 1. The fourth-order valence-electron chi connectivity index (χ4n) is 4.07. The normalized spacial score (nSPS) is 27.2. The van der Waals surface area contributed by atoms with Crippen LogP contribution in [0.15, 0.2) is 18.5 Å². The lowest BCUT2D eigenvalue weighted by atomic mass is 9.88. The highest BCUT2D eigenvalue weighted by atomic mass is 19.1. The van der Waals surface area contributed by atoms with E-state index >= 15 is 0 Å². The molecular weight excluding hydrogens is 297 g/mol. The highest BCUT2D eigenvalue weighted by Crippen LogP contribution is 2.38. The quantitative estimate of drug-likeness (QED) is 0.832. The number of aromatic nitrogens is 1. The number of piperidine rings is 1. The van der Waals surface area contributed by atoms with E-state index in [1.807, 2.05) is 0 Å². The van der Waals surface area contributed by atoms with Crippen LogP contribution in [0.3, 0.4) is 0 Å². The molecule has 0 radical (unpaired) electrons. The number of pyridine rings is 1. The molecule has 124 valence electrons. The second-order valence-corrected chi connectivity index (χ2v) is 6.97. The van der Waals surface area contributed by atoms with Crippen LogP contribution in [-0.4, -0.2) is 65.1 Å². The predicted molar refractivity (Wildman–Crippen MR) is 82.6 cm³/mol. The molecule has 6 heteroatoms. The average Bonchev–Trinajstić information content (AvgIpc) is 3.00. The maximum absolute atomic E-state index is 13.7. The van der Waals surface area contributed by atoms with Gasteiger partial charge in [-0.2, -0.15) is 0 Å². The van der Waals surface area contributed by atoms with E-state index in [-0.39, 0.29) is 17.1 Å². The summed E-state index contributed by atoms with van der Waals surface area (Å²) < 4.78 is 19.7. The SMILES string of the molecule is O=C(c1ccncc1F)N1CC2(CC(N3CCCCC3)CO2)C1. The largest absolute Gasteiger partial charge is 0.370 e. The Morgan fingerprint density at radius 1 is 1.30 bits per heavy atom. The summed E-state index contributed by atoms with van der Waals surface area (Å²) in [6, 6.07) is 1.92. The molecule has 1 spiro atoms. The number of hydrogen-bond donors (Lipinski definition) is 0. The Hall–Kier alpha value is -1.53. The Balaban J connectivity index is 1.36. The predicted octanol–water partition coefficient (Wildman–Crippen LogP) is 1.69. The van der Waals surface area contributed by atoms with E-state index in [1.165, 1.54) is 31.5 Å². The number of ether oxygens (including phenoxy) is 1. The Morgan fingerprint density at radius 2 is 2.09 bits per heavy atom. The maximum atomic E-state index is 13.7. The molecule has 1 aromatic rings. The molecule has 1 unspecified atom stereocenters. The van der Waals surface area contributed by atoms with Gasteiger partial charge in [-0.25, -0.2) is 4.39 Å². The van der Waals surface area contributed by atoms with Gasteiger partial charge in [-0.15, -0.1) is 0 Å². The van der Waals surface area contributed by atoms with Crippen molar-refractivity contribution in [3.63, 3.8) is 0 Å². The number of likely N-dealkylation sites (tertiary alicyclic amines) is 2. The summed E-state index contributed by atoms with van der Waals surface area (Å²) in [4.78, 5) is 20.3. The topological polar surface area (TPSA) is 45.7 Å². The lowest BCUT2D eigenvalue weighted by Gasteiger charge is -2.47. The van der Waals surface area contributed by atoms with Gasteiger partial charge < -0.3 is 9.64 Å². The summed E-state index contributed by atoms with van der Waals surface area (Å²) in [5, 5.41) is 0. The van der Waals surface area contributed by atoms with Gasteiger partial charge in [0.2, 0.25) is 0 Å². The van der Waals surface area contributed by atoms with Crippen molar-refractivity contribution in [3.8, 4) is 0 Å². The van der Waals surface area contributed by atoms with Gasteiger partial charge in [0.05, 0.1) is 31.5 Å². The number of rotatable bonds is 2. The number of halogens is 1. The highest BCUT2D eigenvalue weighted by molar-refractivity contribution is 5.95. The first-order chi connectivity index (χ1) is 11.2. The first-order valence-electron chi connectivity index (χ1n) is 8.44. The molecule has 1 atom stereocenters. The van der Waals surface area contributed by atoms with Gasteiger partial charge in [-0.1, -0.05) is 6.42 Å². The third kappa shape index (κ3) is 2.74. The minimum Gasteiger partial charge on any atom is -0.370 e. The van der Waals surface area contributed by atoms with Crippen LogP contribution in [0, 0.1) is 5.82 Å². The lowest BCUT2D eigenvalue weighted by Crippen LogP contribution is -2.63. The smallest absolute Gasteiger partial charge is 0.257 e. The van der Waals surface area contributed by atoms with Crippen LogP contribution in [0.4, 0.5) is 4.39 Å². The first kappa shape index (κ1) is 15.0. The van der Waals surface area contributed by atoms with Gasteiger partial charge >= 0.3 is 0 Å². The molecule has 0 saturated carbocycles. The fraction of sp³-hybridized carbons (Fsp3) is 0.647. The monoisotopic (exact) mass is 319 g/mol. The van der Waals surface area contributed by atoms with E-state index in [1.54, 1.807) is 4.90 Å². The zero-order valence-corrected chi connectivity index (χ0v) is 13.2. The second kappa shape index (κ2) is 5.83. The molecule has 0 bridgehead atoms. The van der Waals surface area contributed by atoms with Crippen LogP contribution in [0.2, 0.25) is 0 Å². The molecule has 0 N–H and O–H groups in total. The summed E-state index contributed by atoms with van der Waals surface area (Å²) >= 11 is 0. The van der Waals surface area contributed by atoms with Gasteiger partial charge in [0.1, 0.15) is 5.60 Å². The molecule has 4 rings (SSSR count). The minimum absolute atomic E-state index is 0.0976. The molecule has 0 aromatic carbocycles. The van der Waals surface area contributed by atoms with Gasteiger partial charge in [-0.3, -0.25) is 14.7 Å². The van der Waals surface area contributed by atoms with Crippen molar-refractivity contribution in [2.75, 3.05) is 32.8 Å². The number of carbonyl (C=O) groups is 1. The van der Waals surface area contributed by atoms with Gasteiger partial charge in [-0.05, 0) is 38.4 Å². The lowest BCUT2D eigenvalue weighted by molar-refractivity contribution is -0.0952. The van der Waals surface area contributed by atoms with Crippen LogP contribution in [0.25, 0.3) is 0 Å². The van der Waals surface area contributed by atoms with E-state index in [4.69, 9.17) is 4.74 Å². The number of carbonyl (C=O) groups excluding carboxylic acids is 1. The summed E-state index contributed by atoms with van der Waals surface area (Å²) in [5.74, 6) is -0.822. The van der Waals surface area contributed by atoms with Crippen molar-refractivity contribution < 1.29 is 13.9 Å². The standard InChI is InChI=1S/C17H22FN3O2/c18-15-9-19-5-4-14(15)16(22)21-11-17(12-21)8-13(10-23-17)20-6-2-1-3-7-20/h4-5,9,13H,1-3,6-8,10-12H2. The van der Waals surface area contributed by atoms with Crippen LogP contribution in [-0.2, 0) is 4.74 Å². The molecule has 3 saturated heterocycles. The first-order valence-corrected chi connectivity index (χ1v) is 8.44. The Kier molecular flexibility index (Phi) is 3.81. The zero-order chi connectivity index (χ0) is 15.9. The molecule has 0 aliphatic carbocycles. The molecule has 3 aliphatic heterocycles. The van der Waals surface area contributed by atoms with E-state index in [0.29, 0.717) is 19.1 Å². The van der Waals surface area contributed by atoms with Crippen LogP contribution < -0.4 is 0 Å². The molecule has 1 amide bonds. The van der Waals surface area contributed by atoms with Crippen LogP contribution >= 0.6 is 0 Å². The van der Waals surface area contributed by atoms with Crippen molar-refractivity contribution >= 4 is 5.91 Å². The van der Waals surface area contributed by atoms with E-state index in [9.17, 15) is 9.18 Å². The molecule has 4 heterocycles. The van der Waals surface area contributed by atoms with E-state index < -0.39 is 5.82 Å². The van der Waals surface area contributed by atoms with Crippen molar-refractivity contribution in [1.82, 2.24) is 14.8 Å². The highest BCUT2D eigenvalue weighted by Gasteiger charge is 2.52. The third-order valence-corrected chi connectivity index (χ3v) is 5.34. The molecule has 3 fully saturated rings. The van der Waals surface area contributed by atoms with Crippen molar-refractivity contribution in [2.24, 2.45) is 0 Å². The molecule has 3 aliphatic rings. The van der Waals surface area contributed by atoms with Crippen LogP contribution in [0.1, 0.15) is 36.0 Å². The summed E-state index contributed by atoms with van der Waals surface area (Å²) in [7, 11) is 0. The van der Waals surface area contributed by atoms with Crippen molar-refractivity contribution in [1.29, 1.82) is 0 Å². The van der Waals surface area contributed by atoms with Crippen molar-refractivity contribution in [3.05, 3.63) is 29.8 Å². The van der Waals surface area contributed by atoms with E-state index in [2.05, 4.69) is 9.88 Å². The second-order valence-electron chi connectivity index (χ2n) is 6.97. The zero-order valence-electron chi connectivity index (χ0n) is 13.2. The average molecular weight is 319 g/mol. The molecule has 23 heavy (non-hydrogen) atoms. The van der Waals surface area contributed by atoms with Gasteiger partial charge in [0.15, 0.2) is 5.82 Å². The molecule has 1 aromatic heterocycles. The maximum Gasteiger partial charge on any atom is 0.257 e. The summed E-state index contributed by atoms with van der Waals surface area (Å²) in [6.45, 7) is 4.21. The van der Waals surface area contributed by atoms with Crippen molar-refractivity contribution in [2.45, 2.75) is 37.3 Å². The van der Waals surface area contributed by atoms with Gasteiger partial charge in [0.25, 0.3) is 5.91 Å². The van der Waals surface area contributed by atoms with E-state index in [0.717, 1.165) is 32.3 Å². The molecular formula is C17H22FN3O2. The summed E-state index contributed by atoms with van der Waals surface area (Å²) in [6.07, 6.45) is 7.39. The summed E-state index contributed by atoms with van der Waals surface area (Å²) in [5.41, 5.74) is -0.109. The van der Waals surface area contributed by atoms with Crippen LogP contribution in [0.5, 0.6) is 0 Å². The Bertz CT molecular complexity index is 597.